The first-order chi connectivity index (χ1) is 10.2. The van der Waals surface area contributed by atoms with E-state index in [0.29, 0.717) is 11.4 Å². The van der Waals surface area contributed by atoms with Crippen LogP contribution >= 0.6 is 0 Å². The lowest BCUT2D eigenvalue weighted by Gasteiger charge is -2.11. The van der Waals surface area contributed by atoms with Gasteiger partial charge in [0.15, 0.2) is 0 Å². The van der Waals surface area contributed by atoms with E-state index in [-0.39, 0.29) is 0 Å². The number of aromatic nitrogens is 2. The van der Waals surface area contributed by atoms with Crippen LogP contribution in [-0.4, -0.2) is 16.7 Å². The summed E-state index contributed by atoms with van der Waals surface area (Å²) in [6, 6.07) is 14.1. The van der Waals surface area contributed by atoms with Crippen LogP contribution in [0.5, 0.6) is 5.75 Å². The van der Waals surface area contributed by atoms with Crippen LogP contribution in [-0.2, 0) is 0 Å². The van der Waals surface area contributed by atoms with Gasteiger partial charge in [-0.1, -0.05) is 23.8 Å². The number of benzene rings is 2. The minimum Gasteiger partial charge on any atom is -0.495 e. The van der Waals surface area contributed by atoms with Gasteiger partial charge in [0, 0.05) is 11.6 Å². The first-order valence-corrected chi connectivity index (χ1v) is 6.72. The summed E-state index contributed by atoms with van der Waals surface area (Å²) in [5, 5.41) is 0. The fourth-order valence-corrected chi connectivity index (χ4v) is 2.37. The molecule has 106 valence electrons. The number of hydrogen-bond donors (Lipinski definition) is 1. The molecule has 0 unspecified atom stereocenters. The molecule has 4 nitrogen and oxygen atoms in total. The fourth-order valence-electron chi connectivity index (χ4n) is 2.37. The molecule has 0 spiro atoms. The summed E-state index contributed by atoms with van der Waals surface area (Å²) in [5.74, 6) is 0.663. The van der Waals surface area contributed by atoms with Gasteiger partial charge in [0.2, 0.25) is 0 Å². The largest absolute Gasteiger partial charge is 0.495 e. The molecule has 2 N–H and O–H groups in total. The van der Waals surface area contributed by atoms with Crippen LogP contribution in [0.3, 0.4) is 0 Å². The molecule has 0 fully saturated rings. The molecule has 1 heterocycles. The number of nitrogens with two attached hydrogens (primary N) is 1. The number of nitrogen functional groups attached to an aromatic ring is 1. The number of ether oxygens (including phenoxy) is 1. The lowest BCUT2D eigenvalue weighted by molar-refractivity contribution is 0.417. The molecule has 0 aliphatic carbocycles. The van der Waals surface area contributed by atoms with E-state index in [2.05, 4.69) is 30.1 Å². The Bertz CT molecular complexity index is 777. The molecule has 2 aromatic carbocycles. The standard InChI is InChI=1S/C17H17N3O/c1-12-4-3-5-13(8-12)16-10-19-11-20(16)14-6-7-15(18)17(9-14)21-2/h3-11H,18H2,1-2H3. The van der Waals surface area contributed by atoms with Crippen LogP contribution in [0.15, 0.2) is 55.0 Å². The highest BCUT2D eigenvalue weighted by Crippen LogP contribution is 2.28. The van der Waals surface area contributed by atoms with Crippen LogP contribution in [0.2, 0.25) is 0 Å². The maximum absolute atomic E-state index is 5.87. The van der Waals surface area contributed by atoms with Crippen molar-refractivity contribution in [2.24, 2.45) is 0 Å². The van der Waals surface area contributed by atoms with Crippen molar-refractivity contribution in [2.45, 2.75) is 6.92 Å². The third-order valence-electron chi connectivity index (χ3n) is 3.45. The number of hydrogen-bond acceptors (Lipinski definition) is 3. The average molecular weight is 279 g/mol. The molecule has 0 aliphatic heterocycles. The summed E-state index contributed by atoms with van der Waals surface area (Å²) in [4.78, 5) is 4.27. The summed E-state index contributed by atoms with van der Waals surface area (Å²) >= 11 is 0. The Morgan fingerprint density at radius 1 is 1.14 bits per heavy atom. The molecule has 0 saturated heterocycles. The van der Waals surface area contributed by atoms with Crippen molar-refractivity contribution < 1.29 is 4.74 Å². The lowest BCUT2D eigenvalue weighted by atomic mass is 10.1. The van der Waals surface area contributed by atoms with Crippen molar-refractivity contribution in [2.75, 3.05) is 12.8 Å². The third-order valence-corrected chi connectivity index (χ3v) is 3.45. The Hall–Kier alpha value is -2.75. The monoisotopic (exact) mass is 279 g/mol. The van der Waals surface area contributed by atoms with Crippen LogP contribution in [0.4, 0.5) is 5.69 Å². The molecule has 0 bridgehead atoms. The van der Waals surface area contributed by atoms with Gasteiger partial charge in [0.25, 0.3) is 0 Å². The SMILES string of the molecule is COc1cc(-n2cncc2-c2cccc(C)c2)ccc1N. The van der Waals surface area contributed by atoms with Gasteiger partial charge in [0.05, 0.1) is 36.7 Å². The fraction of sp³-hybridized carbons (Fsp3) is 0.118. The van der Waals surface area contributed by atoms with E-state index in [9.17, 15) is 0 Å². The zero-order valence-electron chi connectivity index (χ0n) is 12.1. The summed E-state index contributed by atoms with van der Waals surface area (Å²) in [5.41, 5.74) is 10.8. The Morgan fingerprint density at radius 2 is 2.00 bits per heavy atom. The number of nitrogens with zero attached hydrogens (tertiary/aromatic N) is 2. The molecule has 3 rings (SSSR count). The van der Waals surface area contributed by atoms with Crippen molar-refractivity contribution in [3.05, 3.63) is 60.6 Å². The molecule has 21 heavy (non-hydrogen) atoms. The van der Waals surface area contributed by atoms with Gasteiger partial charge in [0.1, 0.15) is 5.75 Å². The van der Waals surface area contributed by atoms with E-state index < -0.39 is 0 Å². The summed E-state index contributed by atoms with van der Waals surface area (Å²) in [6.07, 6.45) is 3.65. The Labute approximate surface area is 123 Å². The minimum atomic E-state index is 0.624. The second kappa shape index (κ2) is 5.32. The third kappa shape index (κ3) is 2.48. The molecule has 0 radical (unpaired) electrons. The van der Waals surface area contributed by atoms with E-state index >= 15 is 0 Å². The van der Waals surface area contributed by atoms with E-state index in [1.807, 2.05) is 35.0 Å². The molecule has 4 heteroatoms. The van der Waals surface area contributed by atoms with E-state index in [4.69, 9.17) is 10.5 Å². The van der Waals surface area contributed by atoms with Gasteiger partial charge in [-0.3, -0.25) is 4.57 Å². The molecule has 0 aliphatic rings. The predicted molar refractivity (Wildman–Crippen MR) is 84.7 cm³/mol. The highest BCUT2D eigenvalue weighted by atomic mass is 16.5. The molecular formula is C17H17N3O. The van der Waals surface area contributed by atoms with Gasteiger partial charge in [-0.25, -0.2) is 4.98 Å². The maximum atomic E-state index is 5.87. The molecule has 0 atom stereocenters. The number of anilines is 1. The van der Waals surface area contributed by atoms with Crippen LogP contribution in [0.25, 0.3) is 16.9 Å². The average Bonchev–Trinajstić information content (AvgIpc) is 2.97. The van der Waals surface area contributed by atoms with Crippen molar-refractivity contribution >= 4 is 5.69 Å². The first kappa shape index (κ1) is 13.2. The second-order valence-corrected chi connectivity index (χ2v) is 4.94. The van der Waals surface area contributed by atoms with E-state index in [1.165, 1.54) is 5.56 Å². The van der Waals surface area contributed by atoms with Gasteiger partial charge < -0.3 is 10.5 Å². The van der Waals surface area contributed by atoms with Gasteiger partial charge in [-0.2, -0.15) is 0 Å². The molecular weight excluding hydrogens is 262 g/mol. The number of rotatable bonds is 3. The van der Waals surface area contributed by atoms with Gasteiger partial charge in [-0.05, 0) is 25.1 Å². The van der Waals surface area contributed by atoms with Crippen LogP contribution in [0, 0.1) is 6.92 Å². The van der Waals surface area contributed by atoms with Gasteiger partial charge in [-0.15, -0.1) is 0 Å². The first-order valence-electron chi connectivity index (χ1n) is 6.72. The summed E-state index contributed by atoms with van der Waals surface area (Å²) in [6.45, 7) is 2.08. The van der Waals surface area contributed by atoms with Crippen molar-refractivity contribution in [1.82, 2.24) is 9.55 Å². The number of methoxy groups -OCH3 is 1. The van der Waals surface area contributed by atoms with Crippen LogP contribution in [0.1, 0.15) is 5.56 Å². The zero-order valence-corrected chi connectivity index (χ0v) is 12.1. The van der Waals surface area contributed by atoms with E-state index in [0.717, 1.165) is 16.9 Å². The normalized spacial score (nSPS) is 10.6. The smallest absolute Gasteiger partial charge is 0.143 e. The zero-order chi connectivity index (χ0) is 14.8. The summed E-state index contributed by atoms with van der Waals surface area (Å²) in [7, 11) is 1.62. The Kier molecular flexibility index (Phi) is 3.36. The highest BCUT2D eigenvalue weighted by Gasteiger charge is 2.09. The van der Waals surface area contributed by atoms with Crippen molar-refractivity contribution in [3.8, 4) is 22.7 Å². The van der Waals surface area contributed by atoms with Gasteiger partial charge >= 0.3 is 0 Å². The predicted octanol–water partition coefficient (Wildman–Crippen LogP) is 3.44. The lowest BCUT2D eigenvalue weighted by Crippen LogP contribution is -1.98. The highest BCUT2D eigenvalue weighted by molar-refractivity contribution is 5.65. The van der Waals surface area contributed by atoms with Crippen molar-refractivity contribution in [1.29, 1.82) is 0 Å². The topological polar surface area (TPSA) is 53.1 Å². The molecule has 3 aromatic rings. The Balaban J connectivity index is 2.11. The molecule has 0 saturated carbocycles. The Morgan fingerprint density at radius 3 is 2.76 bits per heavy atom. The van der Waals surface area contributed by atoms with Crippen LogP contribution < -0.4 is 10.5 Å². The second-order valence-electron chi connectivity index (χ2n) is 4.94. The van der Waals surface area contributed by atoms with E-state index in [1.54, 1.807) is 13.4 Å². The molecule has 1 aromatic heterocycles. The number of imidazole rings is 1. The quantitative estimate of drug-likeness (QED) is 0.747. The van der Waals surface area contributed by atoms with Crippen molar-refractivity contribution in [3.63, 3.8) is 0 Å². The minimum absolute atomic E-state index is 0.624. The number of aryl methyl sites for hydroxylation is 1. The maximum Gasteiger partial charge on any atom is 0.143 e. The molecule has 0 amide bonds. The summed E-state index contributed by atoms with van der Waals surface area (Å²) < 4.78 is 7.31.